The molecule has 0 unspecified atom stereocenters. The maximum absolute atomic E-state index is 12.4. The highest BCUT2D eigenvalue weighted by Crippen LogP contribution is 2.26. The zero-order chi connectivity index (χ0) is 23.3. The lowest BCUT2D eigenvalue weighted by Crippen LogP contribution is -2.29. The van der Waals surface area contributed by atoms with Crippen LogP contribution in [-0.2, 0) is 19.0 Å². The lowest BCUT2D eigenvalue weighted by molar-refractivity contribution is -0.117. The lowest BCUT2D eigenvalue weighted by Gasteiger charge is -2.29. The number of nitrogens with zero attached hydrogens (tertiary/aromatic N) is 2. The first-order valence-electron chi connectivity index (χ1n) is 11.5. The van der Waals surface area contributed by atoms with E-state index >= 15 is 0 Å². The van der Waals surface area contributed by atoms with Gasteiger partial charge in [0, 0.05) is 32.4 Å². The molecule has 1 fully saturated rings. The molecule has 1 saturated heterocycles. The molecule has 1 aliphatic rings. The summed E-state index contributed by atoms with van der Waals surface area (Å²) in [6.07, 6.45) is 5.43. The molecule has 1 N–H and O–H groups in total. The van der Waals surface area contributed by atoms with Crippen LogP contribution in [0.1, 0.15) is 32.3 Å². The average molecular weight is 468 g/mol. The maximum atomic E-state index is 12.4. The Morgan fingerprint density at radius 1 is 1.00 bits per heavy atom. The number of carbonyl (C=O) groups is 1. The molecule has 3 rings (SSSR count). The first-order valence-corrected chi connectivity index (χ1v) is 11.5. The molecule has 1 amide bonds. The monoisotopic (exact) mass is 467 g/mol. The number of hydrogen-bond acceptors (Lipinski definition) is 6. The number of amides is 1. The molecule has 1 aliphatic heterocycles. The van der Waals surface area contributed by atoms with Gasteiger partial charge in [-0.15, -0.1) is 0 Å². The Labute approximate surface area is 203 Å². The number of hydrogen-bond donors (Lipinski definition) is 1. The number of fused-ring (bicyclic) bond motifs is 1. The number of benzene rings is 2. The van der Waals surface area contributed by atoms with E-state index < -0.39 is 5.91 Å². The van der Waals surface area contributed by atoms with Crippen molar-refractivity contribution in [1.82, 2.24) is 5.32 Å². The van der Waals surface area contributed by atoms with Crippen LogP contribution >= 0.6 is 0 Å². The van der Waals surface area contributed by atoms with Crippen LogP contribution in [-0.4, -0.2) is 65.7 Å². The highest BCUT2D eigenvalue weighted by molar-refractivity contribution is 6.02. The zero-order valence-corrected chi connectivity index (χ0v) is 19.3. The molecular weight excluding hydrogens is 430 g/mol. The quantitative estimate of drug-likeness (QED) is 0.287. The van der Waals surface area contributed by atoms with Crippen LogP contribution in [0.4, 0.5) is 5.69 Å². The highest BCUT2D eigenvalue weighted by Gasteiger charge is 2.12. The van der Waals surface area contributed by atoms with Crippen molar-refractivity contribution >= 4 is 28.4 Å². The summed E-state index contributed by atoms with van der Waals surface area (Å²) < 4.78 is 15.6. The second kappa shape index (κ2) is 15.1. The van der Waals surface area contributed by atoms with Crippen LogP contribution < -0.4 is 10.2 Å². The van der Waals surface area contributed by atoms with Gasteiger partial charge >= 0.3 is 0 Å². The van der Waals surface area contributed by atoms with Gasteiger partial charge in [-0.25, -0.2) is 0 Å². The van der Waals surface area contributed by atoms with Gasteiger partial charge in [0.25, 0.3) is 5.91 Å². The molecule has 2 aromatic carbocycles. The van der Waals surface area contributed by atoms with Crippen LogP contribution in [0.25, 0.3) is 16.8 Å². The van der Waals surface area contributed by atoms with Gasteiger partial charge in [0.15, 0.2) is 0 Å². The Morgan fingerprint density at radius 2 is 1.68 bits per heavy atom. The van der Waals surface area contributed by atoms with Crippen molar-refractivity contribution in [2.45, 2.75) is 26.7 Å². The summed E-state index contributed by atoms with van der Waals surface area (Å²) in [6, 6.07) is 14.5. The summed E-state index contributed by atoms with van der Waals surface area (Å²) in [5.74, 6) is -0.405. The van der Waals surface area contributed by atoms with Crippen molar-refractivity contribution in [2.24, 2.45) is 0 Å². The maximum Gasteiger partial charge on any atom is 0.262 e. The fourth-order valence-corrected chi connectivity index (χ4v) is 3.80. The number of rotatable bonds is 12. The number of carbonyl (C=O) groups excluding carboxylic acids is 1. The number of nitrogens with one attached hydrogen (secondary N) is 1. The van der Waals surface area contributed by atoms with Gasteiger partial charge in [-0.1, -0.05) is 25.6 Å². The van der Waals surface area contributed by atoms with Gasteiger partial charge in [-0.3, -0.25) is 4.79 Å². The number of piperidine rings is 1. The minimum Gasteiger partial charge on any atom is -0.382 e. The summed E-state index contributed by atoms with van der Waals surface area (Å²) in [5.41, 5.74) is 2.15. The van der Waals surface area contributed by atoms with Crippen molar-refractivity contribution in [3.8, 4) is 6.07 Å². The van der Waals surface area contributed by atoms with Crippen LogP contribution in [0.2, 0.25) is 0 Å². The number of anilines is 1. The molecule has 7 nitrogen and oxygen atoms in total. The molecule has 0 spiro atoms. The molecule has 0 atom stereocenters. The van der Waals surface area contributed by atoms with Crippen LogP contribution in [0.15, 0.2) is 42.0 Å². The second-order valence-electron chi connectivity index (χ2n) is 7.98. The summed E-state index contributed by atoms with van der Waals surface area (Å²) in [5, 5.41) is 14.4. The fraction of sp³-hybridized carbons (Fsp3) is 0.481. The van der Waals surface area contributed by atoms with Crippen molar-refractivity contribution < 1.29 is 19.0 Å². The largest absolute Gasteiger partial charge is 0.382 e. The third kappa shape index (κ3) is 8.45. The summed E-state index contributed by atoms with van der Waals surface area (Å²) in [7, 11) is 1.62. The molecule has 0 aliphatic carbocycles. The van der Waals surface area contributed by atoms with E-state index in [1.54, 1.807) is 13.2 Å². The Balaban J connectivity index is 0.00000408. The second-order valence-corrected chi connectivity index (χ2v) is 7.98. The number of ether oxygens (including phenoxy) is 3. The minimum atomic E-state index is -0.405. The standard InChI is InChI=1S/C26H33N3O4.CH4/c1-31-13-14-33-16-15-32-12-9-28-26(30)24(20-27)18-21-5-6-23-19-25(8-7-22(23)17-21)29-10-3-2-4-11-29;/h5-8,17-19H,2-4,9-16H2,1H3,(H,28,30);1H4/b24-18+;. The Hall–Kier alpha value is -2.92. The first-order chi connectivity index (χ1) is 16.2. The van der Waals surface area contributed by atoms with Gasteiger partial charge in [-0.2, -0.15) is 5.26 Å². The van der Waals surface area contributed by atoms with Crippen LogP contribution in [0.3, 0.4) is 0 Å². The van der Waals surface area contributed by atoms with Crippen molar-refractivity contribution in [1.29, 1.82) is 5.26 Å². The molecule has 184 valence electrons. The molecule has 34 heavy (non-hydrogen) atoms. The van der Waals surface area contributed by atoms with E-state index in [0.717, 1.165) is 29.4 Å². The first kappa shape index (κ1) is 27.3. The predicted octanol–water partition coefficient (Wildman–Crippen LogP) is 4.17. The van der Waals surface area contributed by atoms with E-state index in [2.05, 4.69) is 28.4 Å². The molecule has 0 radical (unpaired) electrons. The summed E-state index contributed by atoms with van der Waals surface area (Å²) >= 11 is 0. The third-order valence-electron chi connectivity index (χ3n) is 5.58. The lowest BCUT2D eigenvalue weighted by atomic mass is 10.0. The van der Waals surface area contributed by atoms with Crippen LogP contribution in [0.5, 0.6) is 0 Å². The van der Waals surface area contributed by atoms with Crippen molar-refractivity contribution in [2.75, 3.05) is 64.7 Å². The topological polar surface area (TPSA) is 83.8 Å². The third-order valence-corrected chi connectivity index (χ3v) is 5.58. The van der Waals surface area contributed by atoms with E-state index in [4.69, 9.17) is 14.2 Å². The highest BCUT2D eigenvalue weighted by atomic mass is 16.5. The molecule has 7 heteroatoms. The fourth-order valence-electron chi connectivity index (χ4n) is 3.80. The molecule has 1 heterocycles. The van der Waals surface area contributed by atoms with E-state index in [9.17, 15) is 10.1 Å². The van der Waals surface area contributed by atoms with E-state index in [0.29, 0.717) is 39.6 Å². The smallest absolute Gasteiger partial charge is 0.262 e. The van der Waals surface area contributed by atoms with Crippen molar-refractivity contribution in [3.63, 3.8) is 0 Å². The molecule has 0 aromatic heterocycles. The van der Waals surface area contributed by atoms with Crippen LogP contribution in [0, 0.1) is 11.3 Å². The average Bonchev–Trinajstić information content (AvgIpc) is 2.86. The minimum absolute atomic E-state index is 0. The molecule has 2 aromatic rings. The molecule has 0 saturated carbocycles. The van der Waals surface area contributed by atoms with E-state index in [1.165, 1.54) is 24.9 Å². The Morgan fingerprint density at radius 3 is 2.41 bits per heavy atom. The SMILES string of the molecule is C.COCCOCCOCCNC(=O)/C(C#N)=C/c1ccc2cc(N3CCCCC3)ccc2c1. The Kier molecular flexibility index (Phi) is 12.1. The Bertz CT molecular complexity index is 977. The number of methoxy groups -OCH3 is 1. The normalized spacial score (nSPS) is 13.9. The summed E-state index contributed by atoms with van der Waals surface area (Å²) in [4.78, 5) is 14.8. The van der Waals surface area contributed by atoms with Crippen molar-refractivity contribution in [3.05, 3.63) is 47.5 Å². The van der Waals surface area contributed by atoms with Gasteiger partial charge in [0.2, 0.25) is 0 Å². The molecular formula is C27H37N3O4. The zero-order valence-electron chi connectivity index (χ0n) is 19.3. The van der Waals surface area contributed by atoms with Gasteiger partial charge in [-0.05, 0) is 59.9 Å². The van der Waals surface area contributed by atoms with Gasteiger partial charge in [0.05, 0.1) is 33.0 Å². The van der Waals surface area contributed by atoms with Gasteiger partial charge in [0.1, 0.15) is 11.6 Å². The predicted molar refractivity (Wildman–Crippen MR) is 137 cm³/mol. The summed E-state index contributed by atoms with van der Waals surface area (Å²) in [6.45, 7) is 4.90. The van der Waals surface area contributed by atoms with E-state index in [-0.39, 0.29) is 13.0 Å². The number of nitriles is 1. The van der Waals surface area contributed by atoms with E-state index in [1.807, 2.05) is 24.3 Å². The van der Waals surface area contributed by atoms with Gasteiger partial charge < -0.3 is 24.4 Å². The molecule has 0 bridgehead atoms.